The van der Waals surface area contributed by atoms with Crippen molar-refractivity contribution in [3.63, 3.8) is 0 Å². The molecule has 0 bridgehead atoms. The molecule has 106 valence electrons. The smallest absolute Gasteiger partial charge is 0.324 e. The largest absolute Gasteiger partial charge is 0.481 e. The molecule has 0 amide bonds. The van der Waals surface area contributed by atoms with Crippen LogP contribution in [-0.2, 0) is 14.3 Å². The Hall–Kier alpha value is -0.810. The highest BCUT2D eigenvalue weighted by Gasteiger charge is 2.33. The van der Waals surface area contributed by atoms with Crippen LogP contribution in [0.25, 0.3) is 0 Å². The molecule has 2 atom stereocenters. The highest BCUT2D eigenvalue weighted by atomic mass is 35.5. The van der Waals surface area contributed by atoms with E-state index in [9.17, 15) is 9.59 Å². The summed E-state index contributed by atoms with van der Waals surface area (Å²) in [5.41, 5.74) is -0.637. The predicted octanol–water partition coefficient (Wildman–Crippen LogP) is 1.64. The Morgan fingerprint density at radius 3 is 2.33 bits per heavy atom. The van der Waals surface area contributed by atoms with Crippen LogP contribution < -0.4 is 5.32 Å². The molecule has 5 nitrogen and oxygen atoms in total. The molecule has 0 spiro atoms. The van der Waals surface area contributed by atoms with Crippen molar-refractivity contribution in [1.29, 1.82) is 0 Å². The number of nitrogens with one attached hydrogen (secondary N) is 1. The van der Waals surface area contributed by atoms with Crippen molar-refractivity contribution in [2.24, 2.45) is 5.92 Å². The molecule has 0 aromatic carbocycles. The summed E-state index contributed by atoms with van der Waals surface area (Å²) < 4.78 is 5.20. The molecule has 1 unspecified atom stereocenters. The van der Waals surface area contributed by atoms with Crippen molar-refractivity contribution >= 4 is 23.5 Å². The highest BCUT2D eigenvalue weighted by Crippen LogP contribution is 2.13. The number of hydrogen-bond acceptors (Lipinski definition) is 4. The zero-order valence-electron chi connectivity index (χ0n) is 11.3. The van der Waals surface area contributed by atoms with E-state index in [2.05, 4.69) is 5.32 Å². The zero-order valence-corrected chi connectivity index (χ0v) is 12.1. The van der Waals surface area contributed by atoms with Gasteiger partial charge in [-0.05, 0) is 40.7 Å². The molecule has 0 radical (unpaired) electrons. The number of rotatable bonds is 7. The van der Waals surface area contributed by atoms with E-state index >= 15 is 0 Å². The number of carbonyl (C=O) groups is 2. The first-order valence-electron chi connectivity index (χ1n) is 5.94. The van der Waals surface area contributed by atoms with Gasteiger partial charge in [0, 0.05) is 5.88 Å². The Labute approximate surface area is 113 Å². The molecular formula is C12H22ClNO4. The topological polar surface area (TPSA) is 75.6 Å². The summed E-state index contributed by atoms with van der Waals surface area (Å²) >= 11 is 5.54. The third kappa shape index (κ3) is 6.81. The van der Waals surface area contributed by atoms with Crippen LogP contribution in [0.4, 0.5) is 0 Å². The normalized spacial score (nSPS) is 14.9. The molecule has 0 aliphatic rings. The second kappa shape index (κ2) is 7.59. The summed E-state index contributed by atoms with van der Waals surface area (Å²) in [6.45, 7) is 7.18. The van der Waals surface area contributed by atoms with Crippen LogP contribution in [0.5, 0.6) is 0 Å². The van der Waals surface area contributed by atoms with E-state index in [0.29, 0.717) is 18.8 Å². The van der Waals surface area contributed by atoms with E-state index < -0.39 is 29.5 Å². The average molecular weight is 280 g/mol. The predicted molar refractivity (Wildman–Crippen MR) is 69.8 cm³/mol. The van der Waals surface area contributed by atoms with Gasteiger partial charge in [-0.1, -0.05) is 0 Å². The Kier molecular flexibility index (Phi) is 7.25. The van der Waals surface area contributed by atoms with E-state index in [4.69, 9.17) is 21.4 Å². The van der Waals surface area contributed by atoms with Crippen molar-refractivity contribution in [2.75, 3.05) is 12.4 Å². The van der Waals surface area contributed by atoms with Gasteiger partial charge in [0.2, 0.25) is 0 Å². The molecule has 0 saturated heterocycles. The van der Waals surface area contributed by atoms with E-state index in [-0.39, 0.29) is 0 Å². The quantitative estimate of drug-likeness (QED) is 0.421. The summed E-state index contributed by atoms with van der Waals surface area (Å²) in [6, 6.07) is -0.857. The lowest BCUT2D eigenvalue weighted by Crippen LogP contribution is -2.48. The molecule has 0 heterocycles. The van der Waals surface area contributed by atoms with Gasteiger partial charge in [0.1, 0.15) is 11.6 Å². The van der Waals surface area contributed by atoms with Gasteiger partial charge in [-0.15, -0.1) is 11.6 Å². The molecule has 0 aromatic heterocycles. The number of carboxylic acid groups (broad SMARTS) is 1. The number of carbonyl (C=O) groups excluding carboxylic acids is 1. The lowest BCUT2D eigenvalue weighted by atomic mass is 10.0. The Bertz CT molecular complexity index is 288. The second-order valence-corrected chi connectivity index (χ2v) is 5.51. The number of aliphatic carboxylic acids is 1. The van der Waals surface area contributed by atoms with Gasteiger partial charge in [-0.25, -0.2) is 0 Å². The first-order chi connectivity index (χ1) is 8.19. The number of carboxylic acids is 1. The van der Waals surface area contributed by atoms with Crippen LogP contribution in [0.2, 0.25) is 0 Å². The fourth-order valence-electron chi connectivity index (χ4n) is 1.30. The first kappa shape index (κ1) is 17.2. The van der Waals surface area contributed by atoms with Crippen molar-refractivity contribution in [3.8, 4) is 0 Å². The SMILES string of the molecule is CC(C(=O)O)[C@@H](NCCCCl)C(=O)OC(C)(C)C. The molecule has 6 heteroatoms. The molecule has 0 aromatic rings. The van der Waals surface area contributed by atoms with Gasteiger partial charge in [0.25, 0.3) is 0 Å². The zero-order chi connectivity index (χ0) is 14.3. The lowest BCUT2D eigenvalue weighted by molar-refractivity contribution is -0.162. The second-order valence-electron chi connectivity index (χ2n) is 5.13. The average Bonchev–Trinajstić information content (AvgIpc) is 2.20. The van der Waals surface area contributed by atoms with Crippen LogP contribution in [0.3, 0.4) is 0 Å². The summed E-state index contributed by atoms with van der Waals surface area (Å²) in [5.74, 6) is -1.98. The van der Waals surface area contributed by atoms with E-state index in [1.165, 1.54) is 6.92 Å². The fourth-order valence-corrected chi connectivity index (χ4v) is 1.43. The number of esters is 1. The summed E-state index contributed by atoms with van der Waals surface area (Å²) in [7, 11) is 0. The first-order valence-corrected chi connectivity index (χ1v) is 6.47. The third-order valence-electron chi connectivity index (χ3n) is 2.22. The summed E-state index contributed by atoms with van der Waals surface area (Å²) in [4.78, 5) is 22.9. The lowest BCUT2D eigenvalue weighted by Gasteiger charge is -2.26. The van der Waals surface area contributed by atoms with Gasteiger partial charge in [-0.2, -0.15) is 0 Å². The number of ether oxygens (including phenoxy) is 1. The molecule has 0 aliphatic heterocycles. The van der Waals surface area contributed by atoms with Crippen LogP contribution in [0.15, 0.2) is 0 Å². The van der Waals surface area contributed by atoms with Crippen molar-refractivity contribution < 1.29 is 19.4 Å². The minimum atomic E-state index is -1.04. The maximum absolute atomic E-state index is 11.9. The van der Waals surface area contributed by atoms with Crippen molar-refractivity contribution in [3.05, 3.63) is 0 Å². The number of halogens is 1. The number of alkyl halides is 1. The van der Waals surface area contributed by atoms with Crippen LogP contribution in [-0.4, -0.2) is 41.1 Å². The number of hydrogen-bond donors (Lipinski definition) is 2. The van der Waals surface area contributed by atoms with E-state index in [1.807, 2.05) is 0 Å². The molecule has 0 saturated carbocycles. The highest BCUT2D eigenvalue weighted by molar-refractivity contribution is 6.17. The van der Waals surface area contributed by atoms with Gasteiger partial charge < -0.3 is 15.2 Å². The van der Waals surface area contributed by atoms with Gasteiger partial charge in [0.05, 0.1) is 5.92 Å². The molecule has 18 heavy (non-hydrogen) atoms. The van der Waals surface area contributed by atoms with Gasteiger partial charge in [-0.3, -0.25) is 9.59 Å². The minimum absolute atomic E-state index is 0.454. The fraction of sp³-hybridized carbons (Fsp3) is 0.833. The van der Waals surface area contributed by atoms with E-state index in [1.54, 1.807) is 20.8 Å². The van der Waals surface area contributed by atoms with E-state index in [0.717, 1.165) is 0 Å². The summed E-state index contributed by atoms with van der Waals surface area (Å²) in [6.07, 6.45) is 0.660. The molecule has 2 N–H and O–H groups in total. The molecule has 0 aliphatic carbocycles. The third-order valence-corrected chi connectivity index (χ3v) is 2.49. The Morgan fingerprint density at radius 1 is 1.39 bits per heavy atom. The maximum Gasteiger partial charge on any atom is 0.324 e. The van der Waals surface area contributed by atoms with Crippen molar-refractivity contribution in [1.82, 2.24) is 5.32 Å². The van der Waals surface area contributed by atoms with Crippen LogP contribution >= 0.6 is 11.6 Å². The minimum Gasteiger partial charge on any atom is -0.481 e. The summed E-state index contributed by atoms with van der Waals surface area (Å²) in [5, 5.41) is 11.9. The molecule has 0 rings (SSSR count). The van der Waals surface area contributed by atoms with Gasteiger partial charge >= 0.3 is 11.9 Å². The van der Waals surface area contributed by atoms with Crippen molar-refractivity contribution in [2.45, 2.75) is 45.8 Å². The van der Waals surface area contributed by atoms with Crippen LogP contribution in [0, 0.1) is 5.92 Å². The van der Waals surface area contributed by atoms with Crippen LogP contribution in [0.1, 0.15) is 34.1 Å². The molecular weight excluding hydrogens is 258 g/mol. The standard InChI is InChI=1S/C12H22ClNO4/c1-8(10(15)16)9(14-7-5-6-13)11(17)18-12(2,3)4/h8-9,14H,5-7H2,1-4H3,(H,15,16)/t8?,9-/m1/s1. The Balaban J connectivity index is 4.64. The monoisotopic (exact) mass is 279 g/mol. The maximum atomic E-state index is 11.9. The Morgan fingerprint density at radius 2 is 1.94 bits per heavy atom. The molecule has 0 fully saturated rings. The van der Waals surface area contributed by atoms with Gasteiger partial charge in [0.15, 0.2) is 0 Å².